The number of aromatic nitrogens is 4. The second-order valence-corrected chi connectivity index (χ2v) is 22.7. The van der Waals surface area contributed by atoms with Crippen LogP contribution in [0.2, 0.25) is 0 Å². The van der Waals surface area contributed by atoms with Crippen LogP contribution in [0.5, 0.6) is 0 Å². The minimum absolute atomic E-state index is 0.727. The molecular weight excluding hydrogens is 1010 g/mol. The Bertz CT molecular complexity index is 3120. The number of H-pyrrole nitrogens is 2. The summed E-state index contributed by atoms with van der Waals surface area (Å²) in [6, 6.07) is 44.5. The van der Waals surface area contributed by atoms with Crippen molar-refractivity contribution < 1.29 is 39.6 Å². The van der Waals surface area contributed by atoms with Crippen LogP contribution in [0.15, 0.2) is 121 Å². The van der Waals surface area contributed by atoms with Gasteiger partial charge in [0, 0.05) is 68.2 Å². The lowest BCUT2D eigenvalue weighted by molar-refractivity contribution is -0.303. The smallest absolute Gasteiger partial charge is 0.132 e. The van der Waals surface area contributed by atoms with Gasteiger partial charge in [-0.2, -0.15) is 0 Å². The first-order valence-electron chi connectivity index (χ1n) is 25.7. The third-order valence-corrected chi connectivity index (χ3v) is 12.5. The third-order valence-electron chi connectivity index (χ3n) is 12.5. The van der Waals surface area contributed by atoms with Gasteiger partial charge in [0.1, 0.15) is 22.7 Å². The van der Waals surface area contributed by atoms with Gasteiger partial charge in [0.25, 0.3) is 0 Å². The minimum atomic E-state index is -1.08. The first-order chi connectivity index (χ1) is 37.1. The second-order valence-electron chi connectivity index (χ2n) is 22.7. The monoisotopic (exact) mass is 1080 g/mol. The fraction of sp³-hybridized carbons (Fsp3) is 0.250. The first-order valence-corrected chi connectivity index (χ1v) is 25.7. The van der Waals surface area contributed by atoms with Crippen molar-refractivity contribution in [1.82, 2.24) is 37.9 Å². The van der Waals surface area contributed by atoms with Gasteiger partial charge in [-0.3, -0.25) is 17.9 Å². The molecule has 0 aliphatic carbocycles. The van der Waals surface area contributed by atoms with E-state index in [0.29, 0.717) is 0 Å². The van der Waals surface area contributed by atoms with Crippen molar-refractivity contribution in [3.8, 4) is 44.5 Å². The van der Waals surface area contributed by atoms with Crippen LogP contribution in [0.25, 0.3) is 90.9 Å². The molecule has 80 heavy (non-hydrogen) atoms. The van der Waals surface area contributed by atoms with E-state index in [1.54, 1.807) is 0 Å². The lowest BCUT2D eigenvalue weighted by Crippen LogP contribution is -2.34. The van der Waals surface area contributed by atoms with E-state index in [2.05, 4.69) is 240 Å². The summed E-state index contributed by atoms with van der Waals surface area (Å²) >= 11 is 0. The normalized spacial score (nSPS) is 11.8. The number of carbonyl (C=O) groups is 4. The lowest BCUT2D eigenvalue weighted by Gasteiger charge is -2.23. The van der Waals surface area contributed by atoms with E-state index in [0.717, 1.165) is 135 Å². The zero-order valence-electron chi connectivity index (χ0n) is 48.8. The number of carboxylic acids is 4. The molecule has 0 atom stereocenters. The Morgan fingerprint density at radius 2 is 0.450 bits per heavy atom. The van der Waals surface area contributed by atoms with E-state index in [-0.39, 0.29) is 0 Å². The van der Waals surface area contributed by atoms with Crippen LogP contribution in [0.3, 0.4) is 0 Å². The molecular formula is C64H74N8O8. The molecule has 2 N–H and O–H groups in total. The molecule has 7 aromatic rings. The largest absolute Gasteiger partial charge is 0.550 e. The topological polar surface area (TPSA) is 218 Å². The number of nitrogens with one attached hydrogen (secondary N) is 2. The van der Waals surface area contributed by atoms with E-state index in [1.165, 1.54) is 22.7 Å². The zero-order chi connectivity index (χ0) is 59.7. The van der Waals surface area contributed by atoms with Gasteiger partial charge in [-0.1, -0.05) is 0 Å². The fourth-order valence-electron chi connectivity index (χ4n) is 8.72. The van der Waals surface area contributed by atoms with Crippen LogP contribution in [0.4, 0.5) is 22.7 Å². The molecule has 16 nitrogen and oxygen atoms in total. The van der Waals surface area contributed by atoms with E-state index in [1.807, 2.05) is 0 Å². The van der Waals surface area contributed by atoms with Crippen LogP contribution in [-0.2, 0) is 19.2 Å². The molecule has 2 aliphatic rings. The molecule has 2 aliphatic heterocycles. The van der Waals surface area contributed by atoms with Gasteiger partial charge >= 0.3 is 0 Å². The van der Waals surface area contributed by atoms with Crippen molar-refractivity contribution in [2.24, 2.45) is 0 Å². The van der Waals surface area contributed by atoms with Crippen molar-refractivity contribution in [1.29, 1.82) is 0 Å². The predicted octanol–water partition coefficient (Wildman–Crippen LogP) is 7.14. The Labute approximate surface area is 469 Å². The van der Waals surface area contributed by atoms with E-state index < -0.39 is 23.9 Å². The highest BCUT2D eigenvalue weighted by Gasteiger charge is 2.22. The van der Waals surface area contributed by atoms with Crippen LogP contribution in [-0.4, -0.2) is 128 Å². The number of rotatable bonds is 8. The maximum Gasteiger partial charge on any atom is 0.132 e. The summed E-state index contributed by atoms with van der Waals surface area (Å²) in [7, 11) is 26.4. The highest BCUT2D eigenvalue weighted by Crippen LogP contribution is 2.40. The van der Waals surface area contributed by atoms with Crippen molar-refractivity contribution in [3.63, 3.8) is 0 Å². The lowest BCUT2D eigenvalue weighted by atomic mass is 10.0. The van der Waals surface area contributed by atoms with Crippen LogP contribution in [0, 0.1) is 0 Å². The zero-order valence-corrected chi connectivity index (χ0v) is 48.8. The number of benzene rings is 4. The summed E-state index contributed by atoms with van der Waals surface area (Å²) < 4.78 is 2.91. The number of aromatic amines is 2. The second kappa shape index (κ2) is 25.3. The Morgan fingerprint density at radius 1 is 0.300 bits per heavy atom. The third kappa shape index (κ3) is 16.6. The number of hydrogen-bond acceptors (Lipinski definition) is 10. The summed E-state index contributed by atoms with van der Waals surface area (Å²) in [5, 5.41) is 35.6. The highest BCUT2D eigenvalue weighted by atomic mass is 16.4. The Kier molecular flexibility index (Phi) is 19.6. The molecule has 0 amide bonds. The number of quaternary nitrogens is 4. The predicted molar refractivity (Wildman–Crippen MR) is 322 cm³/mol. The van der Waals surface area contributed by atoms with Crippen molar-refractivity contribution >= 4 is 93.0 Å². The molecule has 4 aromatic carbocycles. The quantitative estimate of drug-likeness (QED) is 0.147. The van der Waals surface area contributed by atoms with Crippen LogP contribution < -0.4 is 38.4 Å². The minimum Gasteiger partial charge on any atom is -0.550 e. The number of carbonyl (C=O) groups excluding carboxylic acids is 4. The van der Waals surface area contributed by atoms with E-state index in [4.69, 9.17) is 49.6 Å². The number of carboxylic acid groups (broad SMARTS) is 4. The summed E-state index contributed by atoms with van der Waals surface area (Å²) in [6.45, 7) is 3.89. The van der Waals surface area contributed by atoms with Gasteiger partial charge in [-0.15, -0.1) is 0 Å². The van der Waals surface area contributed by atoms with Gasteiger partial charge in [-0.05, 0) is 196 Å². The molecule has 0 radical (unpaired) electrons. The average Bonchev–Trinajstić information content (AvgIpc) is 4.19. The van der Waals surface area contributed by atoms with Crippen LogP contribution in [0.1, 0.15) is 50.5 Å². The van der Waals surface area contributed by atoms with Gasteiger partial charge in [0.05, 0.1) is 107 Å². The molecule has 0 fully saturated rings. The molecule has 9 rings (SSSR count). The summed E-state index contributed by atoms with van der Waals surface area (Å²) in [6.07, 6.45) is 8.69. The molecule has 418 valence electrons. The maximum absolute atomic E-state index is 8.89. The highest BCUT2D eigenvalue weighted by molar-refractivity contribution is 6.00. The first kappa shape index (κ1) is 62.0. The van der Waals surface area contributed by atoms with Crippen molar-refractivity contribution in [3.05, 3.63) is 144 Å². The number of hydrogen-bond donors (Lipinski definition) is 2. The Morgan fingerprint density at radius 3 is 0.588 bits per heavy atom. The Hall–Kier alpha value is -8.80. The summed E-state index contributed by atoms with van der Waals surface area (Å²) in [4.78, 5) is 54.5. The molecule has 5 heterocycles. The maximum atomic E-state index is 8.89. The standard InChI is InChI=1S/C56H62N8.4C2H4O2/c1-61(2,3)41-21-13-37(14-22-41)53-45-29-31-47(57-45)54(38-15-23-42(24-16-38)62(4,5)6)49-33-35-51(59-49)56(40-19-27-44(28-20-40)64(10,11)12)52-36-34-50(60-52)55(48-32-30-46(53)58-48)39-17-25-43(26-18-39)63(7,8)9;4*1-2(3)4/h13-36,57,60H,1-12H3;4*1H3,(H,3,4)/q+4;;;;/p-4. The van der Waals surface area contributed by atoms with Crippen LogP contribution >= 0.6 is 0 Å². The molecule has 0 saturated carbocycles. The number of fused-ring (bicyclic) bond motifs is 8. The van der Waals surface area contributed by atoms with Gasteiger partial charge in [-0.25, -0.2) is 9.97 Å². The number of nitrogens with zero attached hydrogens (tertiary/aromatic N) is 6. The van der Waals surface area contributed by atoms with Crippen molar-refractivity contribution in [2.45, 2.75) is 27.7 Å². The SMILES string of the molecule is CC(=O)[O-].CC(=O)[O-].CC(=O)[O-].CC(=O)[O-].C[N+](C)(C)c1ccc(-c2c3nc(c(-c4ccc([N+](C)(C)C)cc4)c4ccc([nH]4)c(-c4ccc([N+](C)(C)C)cc4)c4nc(c(-c5ccc([N+](C)(C)C)cc5)c5ccc2[nH]5)C=C4)C=C3)cc1. The molecule has 0 saturated heterocycles. The molecule has 0 unspecified atom stereocenters. The summed E-state index contributed by atoms with van der Waals surface area (Å²) in [5.41, 5.74) is 20.9. The molecule has 16 heteroatoms. The van der Waals surface area contributed by atoms with Crippen molar-refractivity contribution in [2.75, 3.05) is 84.6 Å². The number of aliphatic carboxylic acids is 4. The fourth-order valence-corrected chi connectivity index (χ4v) is 8.72. The molecule has 8 bridgehead atoms. The summed E-state index contributed by atoms with van der Waals surface area (Å²) in [5.74, 6) is -4.33. The van der Waals surface area contributed by atoms with Gasteiger partial charge < -0.3 is 49.6 Å². The average molecular weight is 1080 g/mol. The Balaban J connectivity index is 0.000000652. The molecule has 3 aromatic heterocycles. The van der Waals surface area contributed by atoms with Gasteiger partial charge in [0.15, 0.2) is 0 Å². The van der Waals surface area contributed by atoms with Gasteiger partial charge in [0.2, 0.25) is 0 Å². The van der Waals surface area contributed by atoms with E-state index in [9.17, 15) is 0 Å². The van der Waals surface area contributed by atoms with E-state index >= 15 is 0 Å². The molecule has 0 spiro atoms.